The number of hydrogen-bond donors (Lipinski definition) is 0. The molecule has 5 nitrogen and oxygen atoms in total. The fraction of sp³-hybridized carbons (Fsp3) is 0.400. The van der Waals surface area contributed by atoms with E-state index in [4.69, 9.17) is 23.7 Å². The van der Waals surface area contributed by atoms with Crippen LogP contribution < -0.4 is 9.47 Å². The second kappa shape index (κ2) is 10.7. The summed E-state index contributed by atoms with van der Waals surface area (Å²) in [6.45, 7) is 13.9. The molecule has 3 aliphatic heterocycles. The van der Waals surface area contributed by atoms with Crippen LogP contribution in [0, 0.1) is 16.2 Å². The van der Waals surface area contributed by atoms with Crippen LogP contribution in [0.4, 0.5) is 0 Å². The van der Waals surface area contributed by atoms with Crippen molar-refractivity contribution in [1.82, 2.24) is 0 Å². The SMILES string of the molecule is CCc1ccc2c(-c3ccc4ccccc4c3OC(C3(C)COC3)C3(C)COC3)c3ccccc3c(OCC3(C)COC3)c2c1. The Morgan fingerprint density at radius 3 is 1.89 bits per heavy atom. The van der Waals surface area contributed by atoms with Crippen LogP contribution in [0.15, 0.2) is 78.9 Å². The smallest absolute Gasteiger partial charge is 0.135 e. The summed E-state index contributed by atoms with van der Waals surface area (Å²) in [5, 5.41) is 6.87. The molecule has 3 fully saturated rings. The maximum Gasteiger partial charge on any atom is 0.135 e. The van der Waals surface area contributed by atoms with Crippen LogP contribution >= 0.6 is 0 Å². The first-order valence-electron chi connectivity index (χ1n) is 16.3. The number of ether oxygens (including phenoxy) is 5. The van der Waals surface area contributed by atoms with Crippen LogP contribution in [0.1, 0.15) is 33.3 Å². The minimum atomic E-state index is -0.0913. The van der Waals surface area contributed by atoms with Crippen molar-refractivity contribution in [2.75, 3.05) is 46.2 Å². The average Bonchev–Trinajstić information content (AvgIpc) is 3.02. The van der Waals surface area contributed by atoms with Gasteiger partial charge >= 0.3 is 0 Å². The van der Waals surface area contributed by atoms with Crippen molar-refractivity contribution in [3.05, 3.63) is 84.4 Å². The van der Waals surface area contributed by atoms with Crippen molar-refractivity contribution in [1.29, 1.82) is 0 Å². The largest absolute Gasteiger partial charge is 0.492 e. The molecular weight excluding hydrogens is 560 g/mol. The van der Waals surface area contributed by atoms with Crippen LogP contribution in [-0.4, -0.2) is 52.4 Å². The molecule has 3 heterocycles. The summed E-state index contributed by atoms with van der Waals surface area (Å²) in [5.41, 5.74) is 3.42. The third kappa shape index (κ3) is 4.70. The van der Waals surface area contributed by atoms with Crippen molar-refractivity contribution in [3.8, 4) is 22.6 Å². The van der Waals surface area contributed by atoms with Crippen molar-refractivity contribution >= 4 is 32.3 Å². The highest BCUT2D eigenvalue weighted by Gasteiger charge is 2.55. The van der Waals surface area contributed by atoms with E-state index in [-0.39, 0.29) is 22.3 Å². The summed E-state index contributed by atoms with van der Waals surface area (Å²) in [4.78, 5) is 0. The van der Waals surface area contributed by atoms with Crippen molar-refractivity contribution in [2.24, 2.45) is 16.2 Å². The molecule has 0 atom stereocenters. The van der Waals surface area contributed by atoms with Gasteiger partial charge in [-0.3, -0.25) is 0 Å². The molecule has 0 aromatic heterocycles. The monoisotopic (exact) mass is 602 g/mol. The number of benzene rings is 5. The molecule has 0 bridgehead atoms. The van der Waals surface area contributed by atoms with Gasteiger partial charge in [0.15, 0.2) is 0 Å². The average molecular weight is 603 g/mol. The quantitative estimate of drug-likeness (QED) is 0.158. The first kappa shape index (κ1) is 28.8. The Labute approximate surface area is 265 Å². The van der Waals surface area contributed by atoms with E-state index in [1.165, 1.54) is 16.5 Å². The fourth-order valence-corrected chi connectivity index (χ4v) is 7.59. The van der Waals surface area contributed by atoms with E-state index < -0.39 is 0 Å². The molecule has 0 saturated carbocycles. The van der Waals surface area contributed by atoms with Crippen molar-refractivity contribution < 1.29 is 23.7 Å². The topological polar surface area (TPSA) is 46.2 Å². The van der Waals surface area contributed by atoms with E-state index in [1.807, 2.05) is 0 Å². The fourth-order valence-electron chi connectivity index (χ4n) is 7.59. The van der Waals surface area contributed by atoms with Crippen molar-refractivity contribution in [3.63, 3.8) is 0 Å². The minimum absolute atomic E-state index is 0.0333. The molecule has 5 aromatic carbocycles. The highest BCUT2D eigenvalue weighted by molar-refractivity contribution is 6.18. The first-order chi connectivity index (χ1) is 21.8. The Morgan fingerprint density at radius 2 is 1.27 bits per heavy atom. The molecule has 5 aromatic rings. The van der Waals surface area contributed by atoms with E-state index >= 15 is 0 Å². The normalized spacial score (nSPS) is 19.7. The molecule has 0 radical (unpaired) electrons. The highest BCUT2D eigenvalue weighted by atomic mass is 16.5. The third-order valence-corrected chi connectivity index (χ3v) is 10.3. The zero-order valence-corrected chi connectivity index (χ0v) is 26.8. The van der Waals surface area contributed by atoms with Crippen molar-refractivity contribution in [2.45, 2.75) is 40.2 Å². The van der Waals surface area contributed by atoms with Gasteiger partial charge in [-0.25, -0.2) is 0 Å². The molecule has 0 N–H and O–H groups in total. The van der Waals surface area contributed by atoms with Gasteiger partial charge in [0.25, 0.3) is 0 Å². The number of rotatable bonds is 9. The molecule has 8 rings (SSSR count). The van der Waals surface area contributed by atoms with E-state index in [0.717, 1.165) is 63.6 Å². The lowest BCUT2D eigenvalue weighted by molar-refractivity contribution is -0.236. The summed E-state index contributed by atoms with van der Waals surface area (Å²) in [5.74, 6) is 1.88. The molecule has 0 amide bonds. The predicted octanol–water partition coefficient (Wildman–Crippen LogP) is 8.61. The number of fused-ring (bicyclic) bond motifs is 3. The Hall–Kier alpha value is -3.64. The summed E-state index contributed by atoms with van der Waals surface area (Å²) in [6, 6.07) is 28.6. The Morgan fingerprint density at radius 1 is 0.644 bits per heavy atom. The molecule has 3 saturated heterocycles. The van der Waals surface area contributed by atoms with E-state index in [2.05, 4.69) is 107 Å². The molecule has 0 spiro atoms. The molecule has 0 aliphatic carbocycles. The second-order valence-corrected chi connectivity index (χ2v) is 14.5. The number of hydrogen-bond acceptors (Lipinski definition) is 5. The van der Waals surface area contributed by atoms with Gasteiger partial charge in [-0.1, -0.05) is 94.4 Å². The van der Waals surface area contributed by atoms with Gasteiger partial charge in [0, 0.05) is 32.7 Å². The van der Waals surface area contributed by atoms with Gasteiger partial charge in [0.2, 0.25) is 0 Å². The minimum Gasteiger partial charge on any atom is -0.492 e. The molecule has 232 valence electrons. The Kier molecular flexibility index (Phi) is 6.86. The van der Waals surface area contributed by atoms with E-state index in [1.54, 1.807) is 0 Å². The molecule has 45 heavy (non-hydrogen) atoms. The van der Waals surface area contributed by atoms with Gasteiger partial charge < -0.3 is 23.7 Å². The van der Waals surface area contributed by atoms with Crippen LogP contribution in [-0.2, 0) is 20.6 Å². The first-order valence-corrected chi connectivity index (χ1v) is 16.3. The van der Waals surface area contributed by atoms with E-state index in [0.29, 0.717) is 33.0 Å². The second-order valence-electron chi connectivity index (χ2n) is 14.5. The maximum absolute atomic E-state index is 7.41. The molecule has 3 aliphatic rings. The Balaban J connectivity index is 1.38. The van der Waals surface area contributed by atoms with Gasteiger partial charge in [0.1, 0.15) is 17.6 Å². The highest BCUT2D eigenvalue weighted by Crippen LogP contribution is 2.51. The summed E-state index contributed by atoms with van der Waals surface area (Å²) >= 11 is 0. The lowest BCUT2D eigenvalue weighted by Crippen LogP contribution is -2.63. The van der Waals surface area contributed by atoms with Crippen LogP contribution in [0.5, 0.6) is 11.5 Å². The van der Waals surface area contributed by atoms with Crippen LogP contribution in [0.25, 0.3) is 43.4 Å². The van der Waals surface area contributed by atoms with E-state index in [9.17, 15) is 0 Å². The van der Waals surface area contributed by atoms with Crippen LogP contribution in [0.3, 0.4) is 0 Å². The molecular formula is C40H42O5. The third-order valence-electron chi connectivity index (χ3n) is 10.3. The van der Waals surface area contributed by atoms with Gasteiger partial charge in [-0.15, -0.1) is 0 Å². The summed E-state index contributed by atoms with van der Waals surface area (Å²) in [7, 11) is 0. The summed E-state index contributed by atoms with van der Waals surface area (Å²) in [6.07, 6.45) is 0.894. The van der Waals surface area contributed by atoms with Gasteiger partial charge in [-0.2, -0.15) is 0 Å². The zero-order chi connectivity index (χ0) is 30.8. The maximum atomic E-state index is 7.41. The lowest BCUT2D eigenvalue weighted by atomic mass is 9.67. The van der Waals surface area contributed by atoms with Gasteiger partial charge in [-0.05, 0) is 40.3 Å². The lowest BCUT2D eigenvalue weighted by Gasteiger charge is -2.54. The summed E-state index contributed by atoms with van der Waals surface area (Å²) < 4.78 is 31.3. The zero-order valence-electron chi connectivity index (χ0n) is 26.8. The molecule has 5 heteroatoms. The number of aryl methyl sites for hydroxylation is 1. The predicted molar refractivity (Wildman–Crippen MR) is 180 cm³/mol. The van der Waals surface area contributed by atoms with Crippen LogP contribution in [0.2, 0.25) is 0 Å². The molecule has 0 unspecified atom stereocenters. The Bertz CT molecular complexity index is 1890. The van der Waals surface area contributed by atoms with Gasteiger partial charge in [0.05, 0.1) is 57.1 Å². The standard InChI is InChI=1S/C40H42O5/c1-5-26-14-16-30-33(18-26)35(44-21-38(2)19-41-20-38)31-13-9-8-12-29(31)34(30)32-17-15-27-10-6-7-11-28(27)36(32)45-37(39(3)22-42-23-39)40(4)24-43-25-40/h6-18,37H,5,19-25H2,1-4H3.